The van der Waals surface area contributed by atoms with Crippen LogP contribution in [0.3, 0.4) is 0 Å². The van der Waals surface area contributed by atoms with Crippen LogP contribution in [0.1, 0.15) is 6.42 Å². The molecule has 2 N–H and O–H groups in total. The Morgan fingerprint density at radius 2 is 2.33 bits per heavy atom. The van der Waals surface area contributed by atoms with Gasteiger partial charge in [-0.2, -0.15) is 11.8 Å². The molecule has 1 aromatic rings. The SMILES string of the molecule is CN(c1ccc(F)cc1N)C1CCSC1. The Labute approximate surface area is 93.6 Å². The van der Waals surface area contributed by atoms with Crippen molar-refractivity contribution < 1.29 is 4.39 Å². The fraction of sp³-hybridized carbons (Fsp3) is 0.455. The van der Waals surface area contributed by atoms with Gasteiger partial charge in [0, 0.05) is 18.8 Å². The Balaban J connectivity index is 2.20. The van der Waals surface area contributed by atoms with E-state index in [0.29, 0.717) is 11.7 Å². The monoisotopic (exact) mass is 226 g/mol. The average molecular weight is 226 g/mol. The van der Waals surface area contributed by atoms with Gasteiger partial charge in [-0.3, -0.25) is 0 Å². The summed E-state index contributed by atoms with van der Waals surface area (Å²) in [5.41, 5.74) is 7.26. The minimum absolute atomic E-state index is 0.273. The van der Waals surface area contributed by atoms with Gasteiger partial charge in [0.15, 0.2) is 0 Å². The van der Waals surface area contributed by atoms with E-state index in [4.69, 9.17) is 5.73 Å². The molecule has 0 aliphatic carbocycles. The average Bonchev–Trinajstić information content (AvgIpc) is 2.69. The molecular formula is C11H15FN2S. The standard InChI is InChI=1S/C11H15FN2S/c1-14(9-4-5-15-7-9)11-3-2-8(12)6-10(11)13/h2-3,6,9H,4-5,7,13H2,1H3. The predicted molar refractivity (Wildman–Crippen MR) is 64.9 cm³/mol. The Kier molecular flexibility index (Phi) is 3.05. The molecular weight excluding hydrogens is 211 g/mol. The van der Waals surface area contributed by atoms with Gasteiger partial charge in [0.05, 0.1) is 11.4 Å². The van der Waals surface area contributed by atoms with E-state index < -0.39 is 0 Å². The predicted octanol–water partition coefficient (Wildman–Crippen LogP) is 2.35. The van der Waals surface area contributed by atoms with E-state index >= 15 is 0 Å². The molecule has 0 saturated carbocycles. The molecule has 15 heavy (non-hydrogen) atoms. The van der Waals surface area contributed by atoms with Crippen molar-refractivity contribution >= 4 is 23.1 Å². The van der Waals surface area contributed by atoms with E-state index in [1.165, 1.54) is 24.3 Å². The van der Waals surface area contributed by atoms with Crippen molar-refractivity contribution in [3.05, 3.63) is 24.0 Å². The minimum Gasteiger partial charge on any atom is -0.397 e. The Hall–Kier alpha value is -0.900. The summed E-state index contributed by atoms with van der Waals surface area (Å²) < 4.78 is 12.9. The Morgan fingerprint density at radius 3 is 2.93 bits per heavy atom. The number of benzene rings is 1. The lowest BCUT2D eigenvalue weighted by Crippen LogP contribution is -2.31. The van der Waals surface area contributed by atoms with Gasteiger partial charge in [0.2, 0.25) is 0 Å². The summed E-state index contributed by atoms with van der Waals surface area (Å²) in [4.78, 5) is 2.16. The normalized spacial score (nSPS) is 20.5. The number of rotatable bonds is 2. The van der Waals surface area contributed by atoms with Crippen LogP contribution in [0.5, 0.6) is 0 Å². The van der Waals surface area contributed by atoms with E-state index in [-0.39, 0.29) is 5.82 Å². The van der Waals surface area contributed by atoms with Gasteiger partial charge < -0.3 is 10.6 Å². The number of anilines is 2. The lowest BCUT2D eigenvalue weighted by atomic mass is 10.2. The fourth-order valence-corrected chi connectivity index (χ4v) is 3.14. The van der Waals surface area contributed by atoms with Gasteiger partial charge in [0.25, 0.3) is 0 Å². The second-order valence-electron chi connectivity index (χ2n) is 3.83. The molecule has 1 unspecified atom stereocenters. The quantitative estimate of drug-likeness (QED) is 0.785. The fourth-order valence-electron chi connectivity index (χ4n) is 1.87. The maximum absolute atomic E-state index is 12.9. The van der Waals surface area contributed by atoms with Gasteiger partial charge in [-0.1, -0.05) is 0 Å². The third-order valence-electron chi connectivity index (χ3n) is 2.82. The van der Waals surface area contributed by atoms with Gasteiger partial charge in [0.1, 0.15) is 5.82 Å². The van der Waals surface area contributed by atoms with Crippen LogP contribution in [0.15, 0.2) is 18.2 Å². The number of thioether (sulfide) groups is 1. The number of nitrogens with zero attached hydrogens (tertiary/aromatic N) is 1. The van der Waals surface area contributed by atoms with Crippen molar-refractivity contribution in [2.75, 3.05) is 29.2 Å². The van der Waals surface area contributed by atoms with E-state index in [1.807, 2.05) is 18.8 Å². The smallest absolute Gasteiger partial charge is 0.125 e. The van der Waals surface area contributed by atoms with Crippen molar-refractivity contribution in [2.24, 2.45) is 0 Å². The summed E-state index contributed by atoms with van der Waals surface area (Å²) in [6.07, 6.45) is 1.18. The summed E-state index contributed by atoms with van der Waals surface area (Å²) in [6.45, 7) is 0. The largest absolute Gasteiger partial charge is 0.397 e. The first-order valence-corrected chi connectivity index (χ1v) is 6.19. The molecule has 2 nitrogen and oxygen atoms in total. The third kappa shape index (κ3) is 2.20. The second kappa shape index (κ2) is 4.31. The molecule has 0 spiro atoms. The van der Waals surface area contributed by atoms with Crippen molar-refractivity contribution in [1.29, 1.82) is 0 Å². The molecule has 1 atom stereocenters. The topological polar surface area (TPSA) is 29.3 Å². The highest BCUT2D eigenvalue weighted by Crippen LogP contribution is 2.29. The zero-order chi connectivity index (χ0) is 10.8. The lowest BCUT2D eigenvalue weighted by Gasteiger charge is -2.27. The van der Waals surface area contributed by atoms with Crippen molar-refractivity contribution in [1.82, 2.24) is 0 Å². The summed E-state index contributed by atoms with van der Waals surface area (Å²) >= 11 is 1.96. The number of hydrogen-bond acceptors (Lipinski definition) is 3. The molecule has 1 heterocycles. The van der Waals surface area contributed by atoms with Crippen LogP contribution in [-0.4, -0.2) is 24.6 Å². The van der Waals surface area contributed by atoms with E-state index in [9.17, 15) is 4.39 Å². The van der Waals surface area contributed by atoms with Crippen LogP contribution in [-0.2, 0) is 0 Å². The van der Waals surface area contributed by atoms with Gasteiger partial charge >= 0.3 is 0 Å². The zero-order valence-electron chi connectivity index (χ0n) is 8.74. The molecule has 0 aromatic heterocycles. The first kappa shape index (κ1) is 10.6. The number of nitrogens with two attached hydrogens (primary N) is 1. The van der Waals surface area contributed by atoms with Crippen molar-refractivity contribution in [3.8, 4) is 0 Å². The molecule has 0 bridgehead atoms. The molecule has 2 rings (SSSR count). The summed E-state index contributed by atoms with van der Waals surface area (Å²) in [5.74, 6) is 2.06. The van der Waals surface area contributed by atoms with Crippen LogP contribution in [0.4, 0.5) is 15.8 Å². The number of nitrogen functional groups attached to an aromatic ring is 1. The minimum atomic E-state index is -0.273. The Bertz CT molecular complexity index is 350. The maximum atomic E-state index is 12.9. The number of hydrogen-bond donors (Lipinski definition) is 1. The molecule has 1 aromatic carbocycles. The van der Waals surface area contributed by atoms with Gasteiger partial charge in [-0.15, -0.1) is 0 Å². The van der Waals surface area contributed by atoms with Gasteiger partial charge in [-0.05, 0) is 30.4 Å². The van der Waals surface area contributed by atoms with Crippen molar-refractivity contribution in [2.45, 2.75) is 12.5 Å². The lowest BCUT2D eigenvalue weighted by molar-refractivity contribution is 0.627. The van der Waals surface area contributed by atoms with Crippen LogP contribution >= 0.6 is 11.8 Å². The van der Waals surface area contributed by atoms with Crippen LogP contribution in [0, 0.1) is 5.82 Å². The highest BCUT2D eigenvalue weighted by atomic mass is 32.2. The first-order valence-electron chi connectivity index (χ1n) is 5.04. The van der Waals surface area contributed by atoms with E-state index in [0.717, 1.165) is 11.4 Å². The molecule has 0 radical (unpaired) electrons. The Morgan fingerprint density at radius 1 is 1.53 bits per heavy atom. The van der Waals surface area contributed by atoms with Crippen LogP contribution in [0.2, 0.25) is 0 Å². The van der Waals surface area contributed by atoms with Crippen molar-refractivity contribution in [3.63, 3.8) is 0 Å². The molecule has 1 saturated heterocycles. The first-order chi connectivity index (χ1) is 7.18. The second-order valence-corrected chi connectivity index (χ2v) is 4.98. The molecule has 1 aliphatic rings. The maximum Gasteiger partial charge on any atom is 0.125 e. The highest BCUT2D eigenvalue weighted by Gasteiger charge is 2.21. The third-order valence-corrected chi connectivity index (χ3v) is 3.97. The summed E-state index contributed by atoms with van der Waals surface area (Å²) in [5, 5.41) is 0. The number of halogens is 1. The van der Waals surface area contributed by atoms with Crippen LogP contribution in [0.25, 0.3) is 0 Å². The zero-order valence-corrected chi connectivity index (χ0v) is 9.56. The summed E-state index contributed by atoms with van der Waals surface area (Å²) in [6, 6.07) is 5.13. The molecule has 1 fully saturated rings. The van der Waals surface area contributed by atoms with Crippen LogP contribution < -0.4 is 10.6 Å². The molecule has 0 amide bonds. The molecule has 4 heteroatoms. The molecule has 82 valence electrons. The molecule has 1 aliphatic heterocycles. The van der Waals surface area contributed by atoms with E-state index in [2.05, 4.69) is 4.90 Å². The van der Waals surface area contributed by atoms with E-state index in [1.54, 1.807) is 6.07 Å². The highest BCUT2D eigenvalue weighted by molar-refractivity contribution is 7.99. The van der Waals surface area contributed by atoms with Gasteiger partial charge in [-0.25, -0.2) is 4.39 Å². The summed E-state index contributed by atoms with van der Waals surface area (Å²) in [7, 11) is 2.03.